The van der Waals surface area contributed by atoms with Crippen LogP contribution in [-0.2, 0) is 22.7 Å². The van der Waals surface area contributed by atoms with Gasteiger partial charge in [0.25, 0.3) is 12.0 Å². The molecule has 0 radical (unpaired) electrons. The van der Waals surface area contributed by atoms with Crippen molar-refractivity contribution in [3.63, 3.8) is 0 Å². The Balaban J connectivity index is 0.00000405. The monoisotopic (exact) mass is 612 g/mol. The number of nitrogens with zero attached hydrogens (tertiary/aromatic N) is 7. The number of halogens is 3. The second kappa shape index (κ2) is 14.0. The molecular formula is C29H19F3N7NiO2-. The number of ether oxygens (including phenoxy) is 2. The molecule has 0 fully saturated rings. The van der Waals surface area contributed by atoms with Crippen LogP contribution in [0.4, 0.5) is 24.8 Å². The number of aromatic nitrogens is 3. The van der Waals surface area contributed by atoms with Gasteiger partial charge in [-0.05, 0) is 42.5 Å². The normalized spacial score (nSPS) is 11.5. The summed E-state index contributed by atoms with van der Waals surface area (Å²) in [4.78, 5) is 12.4. The van der Waals surface area contributed by atoms with Crippen LogP contribution in [0.1, 0.15) is 11.1 Å². The third-order valence-corrected chi connectivity index (χ3v) is 5.21. The largest absolute Gasteiger partial charge is 0.436 e. The molecule has 0 amide bonds. The first-order chi connectivity index (χ1) is 19.9. The van der Waals surface area contributed by atoms with E-state index in [0.717, 1.165) is 6.07 Å². The summed E-state index contributed by atoms with van der Waals surface area (Å²) >= 11 is 0. The predicted molar refractivity (Wildman–Crippen MR) is 145 cm³/mol. The fourth-order valence-corrected chi connectivity index (χ4v) is 3.40. The molecule has 0 unspecified atom stereocenters. The zero-order valence-corrected chi connectivity index (χ0v) is 22.4. The molecule has 5 rings (SSSR count). The van der Waals surface area contributed by atoms with Crippen LogP contribution in [0.25, 0.3) is 5.43 Å². The Bertz CT molecular complexity index is 1600. The summed E-state index contributed by atoms with van der Waals surface area (Å²) in [6, 6.07) is 30.4. The SMILES string of the molecule is FC(F)(F)c1ccccc1C(N=Nc1ccccc1)=N[N-]c1nc(Oc2ccccc2)nc(Oc2ccccc2)n1.[Ni]. The number of para-hydroxylation sites is 2. The maximum absolute atomic E-state index is 13.8. The molecule has 0 bridgehead atoms. The number of azo groups is 1. The van der Waals surface area contributed by atoms with Gasteiger partial charge in [0.1, 0.15) is 11.5 Å². The van der Waals surface area contributed by atoms with Crippen molar-refractivity contribution in [3.05, 3.63) is 132 Å². The maximum atomic E-state index is 13.8. The van der Waals surface area contributed by atoms with Gasteiger partial charge in [-0.1, -0.05) is 72.8 Å². The molecule has 1 aromatic heterocycles. The molecule has 0 saturated carbocycles. The Morgan fingerprint density at radius 3 is 1.69 bits per heavy atom. The van der Waals surface area contributed by atoms with Crippen molar-refractivity contribution in [1.29, 1.82) is 0 Å². The average Bonchev–Trinajstić information content (AvgIpc) is 2.98. The molecule has 0 atom stereocenters. The standard InChI is InChI=1S/C29H19F3N7O2.Ni/c30-29(31,32)24-19-11-10-18-23(24)25(37-36-20-12-4-1-5-13-20)38-39-26-33-27(40-21-14-6-2-7-15-21)35-28(34-26)41-22-16-8-3-9-17-22;/h1-19H;/q-1;. The number of benzene rings is 4. The van der Waals surface area contributed by atoms with Crippen molar-refractivity contribution >= 4 is 17.5 Å². The minimum atomic E-state index is -4.68. The van der Waals surface area contributed by atoms with Crippen molar-refractivity contribution in [2.24, 2.45) is 15.3 Å². The average molecular weight is 613 g/mol. The van der Waals surface area contributed by atoms with Crippen LogP contribution in [0.5, 0.6) is 23.5 Å². The van der Waals surface area contributed by atoms with Crippen molar-refractivity contribution in [2.75, 3.05) is 0 Å². The van der Waals surface area contributed by atoms with Gasteiger partial charge >= 0.3 is 6.18 Å². The van der Waals surface area contributed by atoms with E-state index in [2.05, 4.69) is 35.7 Å². The molecule has 0 aliphatic carbocycles. The van der Waals surface area contributed by atoms with E-state index in [0.29, 0.717) is 17.2 Å². The molecule has 214 valence electrons. The van der Waals surface area contributed by atoms with Crippen molar-refractivity contribution in [2.45, 2.75) is 6.18 Å². The van der Waals surface area contributed by atoms with Crippen LogP contribution in [0.3, 0.4) is 0 Å². The molecule has 5 aromatic rings. The third-order valence-electron chi connectivity index (χ3n) is 5.21. The van der Waals surface area contributed by atoms with E-state index < -0.39 is 17.6 Å². The van der Waals surface area contributed by atoms with Crippen LogP contribution >= 0.6 is 0 Å². The van der Waals surface area contributed by atoms with Crippen LogP contribution in [0.15, 0.2) is 131 Å². The van der Waals surface area contributed by atoms with Gasteiger partial charge in [0, 0.05) is 22.1 Å². The number of hydrogen-bond acceptors (Lipinski definition) is 7. The van der Waals surface area contributed by atoms with Gasteiger partial charge in [-0.25, -0.2) is 0 Å². The van der Waals surface area contributed by atoms with Gasteiger partial charge in [0.15, 0.2) is 5.84 Å². The molecule has 0 saturated heterocycles. The van der Waals surface area contributed by atoms with Gasteiger partial charge in [0.05, 0.1) is 17.2 Å². The van der Waals surface area contributed by atoms with Crippen LogP contribution in [0, 0.1) is 0 Å². The Morgan fingerprint density at radius 1 is 0.643 bits per heavy atom. The zero-order valence-electron chi connectivity index (χ0n) is 21.4. The number of hydrogen-bond donors (Lipinski definition) is 0. The number of rotatable bonds is 8. The molecule has 1 heterocycles. The van der Waals surface area contributed by atoms with Crippen LogP contribution in [-0.4, -0.2) is 20.8 Å². The molecule has 0 aliphatic heterocycles. The summed E-state index contributed by atoms with van der Waals surface area (Å²) in [6.07, 6.45) is -4.68. The van der Waals surface area contributed by atoms with Crippen molar-refractivity contribution in [1.82, 2.24) is 15.0 Å². The third kappa shape index (κ3) is 8.18. The summed E-state index contributed by atoms with van der Waals surface area (Å²) in [7, 11) is 0. The van der Waals surface area contributed by atoms with E-state index in [-0.39, 0.29) is 40.0 Å². The molecule has 42 heavy (non-hydrogen) atoms. The maximum Gasteiger partial charge on any atom is 0.417 e. The van der Waals surface area contributed by atoms with Gasteiger partial charge in [-0.15, -0.1) is 10.2 Å². The quantitative estimate of drug-likeness (QED) is 0.0573. The van der Waals surface area contributed by atoms with Crippen molar-refractivity contribution in [3.8, 4) is 23.5 Å². The second-order valence-electron chi connectivity index (χ2n) is 8.13. The van der Waals surface area contributed by atoms with Gasteiger partial charge < -0.3 is 19.4 Å². The van der Waals surface area contributed by atoms with E-state index in [4.69, 9.17) is 9.47 Å². The molecule has 0 N–H and O–H groups in total. The smallest absolute Gasteiger partial charge is 0.417 e. The van der Waals surface area contributed by atoms with E-state index in [1.165, 1.54) is 18.2 Å². The fraction of sp³-hybridized carbons (Fsp3) is 0.0345. The summed E-state index contributed by atoms with van der Waals surface area (Å²) in [5, 5.41) is 12.0. The molecule has 9 nitrogen and oxygen atoms in total. The zero-order chi connectivity index (χ0) is 28.5. The van der Waals surface area contributed by atoms with E-state index >= 15 is 0 Å². The summed E-state index contributed by atoms with van der Waals surface area (Å²) < 4.78 is 52.9. The molecular weight excluding hydrogens is 594 g/mol. The van der Waals surface area contributed by atoms with Crippen LogP contribution in [0.2, 0.25) is 0 Å². The first-order valence-electron chi connectivity index (χ1n) is 12.1. The summed E-state index contributed by atoms with van der Waals surface area (Å²) in [6.45, 7) is 0. The van der Waals surface area contributed by atoms with E-state index in [1.807, 2.05) is 12.1 Å². The molecule has 4 aromatic carbocycles. The van der Waals surface area contributed by atoms with Gasteiger partial charge in [-0.2, -0.15) is 23.3 Å². The molecule has 0 aliphatic rings. The van der Waals surface area contributed by atoms with E-state index in [9.17, 15) is 13.2 Å². The second-order valence-corrected chi connectivity index (χ2v) is 8.13. The van der Waals surface area contributed by atoms with E-state index in [1.54, 1.807) is 78.9 Å². The Hall–Kier alpha value is -5.16. The summed E-state index contributed by atoms with van der Waals surface area (Å²) in [5.41, 5.74) is 3.08. The minimum Gasteiger partial charge on any atom is -0.436 e. The van der Waals surface area contributed by atoms with Gasteiger partial charge in [-0.3, -0.25) is 5.43 Å². The predicted octanol–water partition coefficient (Wildman–Crippen LogP) is 8.62. The van der Waals surface area contributed by atoms with Crippen molar-refractivity contribution < 1.29 is 39.1 Å². The molecule has 13 heteroatoms. The Kier molecular flexibility index (Phi) is 9.91. The Morgan fingerprint density at radius 2 is 1.14 bits per heavy atom. The minimum absolute atomic E-state index is 0. The number of amidine groups is 1. The number of alkyl halides is 3. The molecule has 0 spiro atoms. The fourth-order valence-electron chi connectivity index (χ4n) is 3.40. The Labute approximate surface area is 248 Å². The topological polar surface area (TPSA) is 108 Å². The van der Waals surface area contributed by atoms with Gasteiger partial charge in [0.2, 0.25) is 0 Å². The first-order valence-corrected chi connectivity index (χ1v) is 12.1. The van der Waals surface area contributed by atoms with Crippen LogP contribution < -0.4 is 9.47 Å². The first kappa shape index (κ1) is 29.8. The summed E-state index contributed by atoms with van der Waals surface area (Å²) in [5.74, 6) is 0.137.